The molecule has 1 aromatic carbocycles. The summed E-state index contributed by atoms with van der Waals surface area (Å²) >= 11 is 1.70. The number of thiophene rings is 1. The largest absolute Gasteiger partial charge is 0.309 e. The van der Waals surface area contributed by atoms with Crippen LogP contribution in [0, 0.1) is 17.0 Å². The third-order valence-corrected chi connectivity index (χ3v) is 3.66. The normalized spacial score (nSPS) is 10.5. The average molecular weight is 262 g/mol. The smallest absolute Gasteiger partial charge is 0.269 e. The SMILES string of the molecule is Cc1cscc1CNCc1ccc([N+](=O)[O-])cc1. The molecular formula is C13H14N2O2S. The van der Waals surface area contributed by atoms with Crippen LogP contribution in [0.2, 0.25) is 0 Å². The Labute approximate surface area is 109 Å². The molecule has 0 atom stereocenters. The molecule has 2 aromatic rings. The molecule has 0 saturated carbocycles. The third kappa shape index (κ3) is 3.15. The first-order chi connectivity index (χ1) is 8.66. The van der Waals surface area contributed by atoms with Crippen molar-refractivity contribution in [3.63, 3.8) is 0 Å². The topological polar surface area (TPSA) is 55.2 Å². The fourth-order valence-corrected chi connectivity index (χ4v) is 2.50. The summed E-state index contributed by atoms with van der Waals surface area (Å²) in [6.45, 7) is 3.64. The lowest BCUT2D eigenvalue weighted by Crippen LogP contribution is -2.12. The molecule has 0 fully saturated rings. The van der Waals surface area contributed by atoms with Crippen LogP contribution in [-0.4, -0.2) is 4.92 Å². The first-order valence-corrected chi connectivity index (χ1v) is 6.57. The van der Waals surface area contributed by atoms with Crippen molar-refractivity contribution in [2.75, 3.05) is 0 Å². The van der Waals surface area contributed by atoms with Crippen LogP contribution >= 0.6 is 11.3 Å². The van der Waals surface area contributed by atoms with Crippen molar-refractivity contribution in [2.24, 2.45) is 0 Å². The molecule has 0 spiro atoms. The van der Waals surface area contributed by atoms with Crippen LogP contribution in [0.1, 0.15) is 16.7 Å². The predicted molar refractivity (Wildman–Crippen MR) is 72.7 cm³/mol. The van der Waals surface area contributed by atoms with E-state index in [4.69, 9.17) is 0 Å². The minimum atomic E-state index is -0.383. The third-order valence-electron chi connectivity index (χ3n) is 2.75. The lowest BCUT2D eigenvalue weighted by atomic mass is 10.2. The van der Waals surface area contributed by atoms with Gasteiger partial charge in [0.25, 0.3) is 5.69 Å². The van der Waals surface area contributed by atoms with Crippen LogP contribution < -0.4 is 5.32 Å². The molecule has 0 amide bonds. The molecule has 94 valence electrons. The Balaban J connectivity index is 1.87. The average Bonchev–Trinajstić information content (AvgIpc) is 2.76. The summed E-state index contributed by atoms with van der Waals surface area (Å²) < 4.78 is 0. The zero-order valence-corrected chi connectivity index (χ0v) is 10.9. The Morgan fingerprint density at radius 3 is 2.50 bits per heavy atom. The number of benzene rings is 1. The molecule has 2 rings (SSSR count). The summed E-state index contributed by atoms with van der Waals surface area (Å²) in [5.41, 5.74) is 3.79. The summed E-state index contributed by atoms with van der Waals surface area (Å²) in [7, 11) is 0. The summed E-state index contributed by atoms with van der Waals surface area (Å²) in [5.74, 6) is 0. The molecule has 0 unspecified atom stereocenters. The molecular weight excluding hydrogens is 248 g/mol. The van der Waals surface area contributed by atoms with Gasteiger partial charge in [-0.2, -0.15) is 11.3 Å². The number of non-ortho nitro benzene ring substituents is 1. The molecule has 0 aliphatic rings. The van der Waals surface area contributed by atoms with Gasteiger partial charge >= 0.3 is 0 Å². The van der Waals surface area contributed by atoms with Gasteiger partial charge in [0, 0.05) is 25.2 Å². The van der Waals surface area contributed by atoms with Gasteiger partial charge in [-0.25, -0.2) is 0 Å². The summed E-state index contributed by atoms with van der Waals surface area (Å²) in [6.07, 6.45) is 0. The Morgan fingerprint density at radius 1 is 1.22 bits per heavy atom. The molecule has 0 saturated heterocycles. The van der Waals surface area contributed by atoms with Crippen molar-refractivity contribution >= 4 is 17.0 Å². The molecule has 5 heteroatoms. The monoisotopic (exact) mass is 262 g/mol. The van der Waals surface area contributed by atoms with E-state index in [1.165, 1.54) is 23.3 Å². The van der Waals surface area contributed by atoms with Gasteiger partial charge in [-0.1, -0.05) is 12.1 Å². The molecule has 1 heterocycles. The van der Waals surface area contributed by atoms with E-state index in [0.29, 0.717) is 6.54 Å². The number of nitro benzene ring substituents is 1. The first kappa shape index (κ1) is 12.7. The van der Waals surface area contributed by atoms with E-state index in [-0.39, 0.29) is 10.6 Å². The van der Waals surface area contributed by atoms with Crippen LogP contribution in [-0.2, 0) is 13.1 Å². The lowest BCUT2D eigenvalue weighted by molar-refractivity contribution is -0.384. The number of aryl methyl sites for hydroxylation is 1. The molecule has 0 bridgehead atoms. The van der Waals surface area contributed by atoms with Crippen molar-refractivity contribution in [1.82, 2.24) is 5.32 Å². The molecule has 18 heavy (non-hydrogen) atoms. The fraction of sp³-hybridized carbons (Fsp3) is 0.231. The Bertz CT molecular complexity index is 534. The fourth-order valence-electron chi connectivity index (χ4n) is 1.64. The second kappa shape index (κ2) is 5.75. The number of nitrogens with one attached hydrogen (secondary N) is 1. The quantitative estimate of drug-likeness (QED) is 0.664. The summed E-state index contributed by atoms with van der Waals surface area (Å²) in [4.78, 5) is 10.1. The maximum Gasteiger partial charge on any atom is 0.269 e. The predicted octanol–water partition coefficient (Wildman–Crippen LogP) is 3.25. The molecule has 0 aliphatic heterocycles. The van der Waals surface area contributed by atoms with Crippen LogP contribution in [0.25, 0.3) is 0 Å². The van der Waals surface area contributed by atoms with Gasteiger partial charge in [0.2, 0.25) is 0 Å². The van der Waals surface area contributed by atoms with E-state index in [0.717, 1.165) is 12.1 Å². The molecule has 1 aromatic heterocycles. The summed E-state index contributed by atoms with van der Waals surface area (Å²) in [6, 6.07) is 6.64. The molecule has 1 N–H and O–H groups in total. The van der Waals surface area contributed by atoms with Gasteiger partial charge in [0.15, 0.2) is 0 Å². The van der Waals surface area contributed by atoms with Gasteiger partial charge in [0.1, 0.15) is 0 Å². The van der Waals surface area contributed by atoms with E-state index < -0.39 is 0 Å². The number of nitrogens with zero attached hydrogens (tertiary/aromatic N) is 1. The minimum Gasteiger partial charge on any atom is -0.309 e. The standard InChI is InChI=1S/C13H14N2O2S/c1-10-8-18-9-12(10)7-14-6-11-2-4-13(5-3-11)15(16)17/h2-5,8-9,14H,6-7H2,1H3. The van der Waals surface area contributed by atoms with E-state index in [2.05, 4.69) is 23.0 Å². The second-order valence-electron chi connectivity index (χ2n) is 4.11. The van der Waals surface area contributed by atoms with Crippen molar-refractivity contribution < 1.29 is 4.92 Å². The minimum absolute atomic E-state index is 0.132. The first-order valence-electron chi connectivity index (χ1n) is 5.62. The zero-order chi connectivity index (χ0) is 13.0. The van der Waals surface area contributed by atoms with E-state index >= 15 is 0 Å². The molecule has 4 nitrogen and oxygen atoms in total. The van der Waals surface area contributed by atoms with Crippen LogP contribution in [0.3, 0.4) is 0 Å². The molecule has 0 aliphatic carbocycles. The zero-order valence-electron chi connectivity index (χ0n) is 10.1. The number of nitro groups is 1. The highest BCUT2D eigenvalue weighted by atomic mass is 32.1. The van der Waals surface area contributed by atoms with E-state index in [9.17, 15) is 10.1 Å². The van der Waals surface area contributed by atoms with Gasteiger partial charge in [-0.05, 0) is 34.4 Å². The number of hydrogen-bond donors (Lipinski definition) is 1. The number of hydrogen-bond acceptors (Lipinski definition) is 4. The Kier molecular flexibility index (Phi) is 4.07. The van der Waals surface area contributed by atoms with Crippen molar-refractivity contribution in [2.45, 2.75) is 20.0 Å². The Hall–Kier alpha value is -1.72. The van der Waals surface area contributed by atoms with Crippen molar-refractivity contribution in [3.05, 3.63) is 61.8 Å². The van der Waals surface area contributed by atoms with Crippen LogP contribution in [0.15, 0.2) is 35.0 Å². The van der Waals surface area contributed by atoms with Crippen LogP contribution in [0.5, 0.6) is 0 Å². The van der Waals surface area contributed by atoms with Crippen LogP contribution in [0.4, 0.5) is 5.69 Å². The van der Waals surface area contributed by atoms with Crippen molar-refractivity contribution in [3.8, 4) is 0 Å². The lowest BCUT2D eigenvalue weighted by Gasteiger charge is -2.04. The molecule has 0 radical (unpaired) electrons. The maximum atomic E-state index is 10.5. The Morgan fingerprint density at radius 2 is 1.94 bits per heavy atom. The maximum absolute atomic E-state index is 10.5. The van der Waals surface area contributed by atoms with E-state index in [1.54, 1.807) is 23.5 Å². The van der Waals surface area contributed by atoms with Gasteiger partial charge < -0.3 is 5.32 Å². The summed E-state index contributed by atoms with van der Waals surface area (Å²) in [5, 5.41) is 18.1. The van der Waals surface area contributed by atoms with Gasteiger partial charge in [0.05, 0.1) is 4.92 Å². The number of rotatable bonds is 5. The highest BCUT2D eigenvalue weighted by molar-refractivity contribution is 7.08. The second-order valence-corrected chi connectivity index (χ2v) is 4.85. The van der Waals surface area contributed by atoms with Gasteiger partial charge in [-0.15, -0.1) is 0 Å². The van der Waals surface area contributed by atoms with Crippen molar-refractivity contribution in [1.29, 1.82) is 0 Å². The highest BCUT2D eigenvalue weighted by Crippen LogP contribution is 2.14. The highest BCUT2D eigenvalue weighted by Gasteiger charge is 2.04. The van der Waals surface area contributed by atoms with E-state index in [1.807, 2.05) is 0 Å². The van der Waals surface area contributed by atoms with Gasteiger partial charge in [-0.3, -0.25) is 10.1 Å².